The molecule has 0 fully saturated rings. The van der Waals surface area contributed by atoms with Crippen molar-refractivity contribution < 1.29 is 17.6 Å². The number of benzene rings is 1. The number of rotatable bonds is 0. The van der Waals surface area contributed by atoms with E-state index in [2.05, 4.69) is 15.9 Å². The van der Waals surface area contributed by atoms with E-state index in [1.165, 1.54) is 0 Å². The van der Waals surface area contributed by atoms with Gasteiger partial charge in [-0.1, -0.05) is 0 Å². The average Bonchev–Trinajstić information content (AvgIpc) is 1.97. The third kappa shape index (κ3) is 2.11. The largest absolute Gasteiger partial charge is 0.316 e. The zero-order chi connectivity index (χ0) is 8.59. The molecule has 0 saturated carbocycles. The maximum atomic E-state index is 12.3. The average molecular weight is 255 g/mol. The van der Waals surface area contributed by atoms with Crippen LogP contribution in [0.3, 0.4) is 0 Å². The Hall–Kier alpha value is 0.186. The lowest BCUT2D eigenvalue weighted by Crippen LogP contribution is -1.95. The summed E-state index contributed by atoms with van der Waals surface area (Å²) >= 11 is 2.51. The van der Waals surface area contributed by atoms with Crippen molar-refractivity contribution in [3.8, 4) is 0 Å². The molecule has 0 N–H and O–H groups in total. The molecule has 0 aliphatic rings. The lowest BCUT2D eigenvalue weighted by Gasteiger charge is -1.97. The molecule has 12 heavy (non-hydrogen) atoms. The highest BCUT2D eigenvalue weighted by Crippen LogP contribution is 2.22. The molecule has 0 atom stereocenters. The van der Waals surface area contributed by atoms with Crippen LogP contribution in [-0.2, 0) is 0 Å². The molecule has 0 aromatic heterocycles. The highest BCUT2D eigenvalue weighted by Gasteiger charge is 2.16. The first kappa shape index (κ1) is 12.2. The molecule has 1 aromatic rings. The third-order valence-corrected chi connectivity index (χ3v) is 1.64. The van der Waals surface area contributed by atoms with Crippen LogP contribution < -0.4 is 0 Å². The van der Waals surface area contributed by atoms with Gasteiger partial charge in [0.15, 0.2) is 23.3 Å². The summed E-state index contributed by atoms with van der Waals surface area (Å²) in [6.07, 6.45) is 0. The van der Waals surface area contributed by atoms with Gasteiger partial charge in [0, 0.05) is 0 Å². The van der Waals surface area contributed by atoms with Crippen LogP contribution in [0.25, 0.3) is 0 Å². The van der Waals surface area contributed by atoms with Crippen molar-refractivity contribution in [3.63, 3.8) is 0 Å². The quantitative estimate of drug-likeness (QED) is 0.288. The minimum absolute atomic E-state index is 0. The van der Waals surface area contributed by atoms with Gasteiger partial charge in [0.25, 0.3) is 0 Å². The van der Waals surface area contributed by atoms with E-state index in [-0.39, 0.29) is 23.1 Å². The Bertz CT molecular complexity index is 276. The molecule has 0 amide bonds. The Morgan fingerprint density at radius 3 is 1.92 bits per heavy atom. The second-order valence-electron chi connectivity index (χ2n) is 1.78. The molecule has 1 rings (SSSR count). The van der Waals surface area contributed by atoms with Crippen LogP contribution in [0.15, 0.2) is 10.5 Å². The van der Waals surface area contributed by atoms with Gasteiger partial charge in [0.1, 0.15) is 0 Å². The van der Waals surface area contributed by atoms with Crippen molar-refractivity contribution in [2.45, 2.75) is 0 Å². The van der Waals surface area contributed by atoms with Crippen molar-refractivity contribution in [2.24, 2.45) is 0 Å². The molecule has 0 radical (unpaired) electrons. The molecule has 0 bridgehead atoms. The van der Waals surface area contributed by atoms with Crippen LogP contribution in [0.5, 0.6) is 0 Å². The Kier molecular flexibility index (Phi) is 4.50. The number of hydrogen-bond donors (Lipinski definition) is 0. The van der Waals surface area contributed by atoms with Gasteiger partial charge in [-0.25, -0.2) is 17.6 Å². The Labute approximate surface area is 90.2 Å². The smallest absolute Gasteiger partial charge is 0.204 e. The van der Waals surface area contributed by atoms with Crippen molar-refractivity contribution in [2.75, 3.05) is 0 Å². The van der Waals surface area contributed by atoms with Crippen LogP contribution in [0.4, 0.5) is 17.6 Å². The molecule has 64 valence electrons. The van der Waals surface area contributed by atoms with E-state index in [9.17, 15) is 17.6 Å². The Morgan fingerprint density at radius 2 is 1.42 bits per heavy atom. The fourth-order valence-corrected chi connectivity index (χ4v) is 0.919. The maximum Gasteiger partial charge on any atom is 0.316 e. The summed E-state index contributed by atoms with van der Waals surface area (Å²) in [5.74, 6) is -6.46. The van der Waals surface area contributed by atoms with Gasteiger partial charge >= 0.3 is 23.1 Å². The predicted molar refractivity (Wildman–Crippen MR) is 42.5 cm³/mol. The Balaban J connectivity index is 0.00000121. The summed E-state index contributed by atoms with van der Waals surface area (Å²) in [6, 6.07) is 0.522. The minimum atomic E-state index is -1.81. The van der Waals surface area contributed by atoms with E-state index in [0.717, 1.165) is 0 Å². The summed E-state index contributed by atoms with van der Waals surface area (Å²) in [5, 5.41) is 0. The Morgan fingerprint density at radius 1 is 0.917 bits per heavy atom. The van der Waals surface area contributed by atoms with E-state index < -0.39 is 27.7 Å². The van der Waals surface area contributed by atoms with Gasteiger partial charge in [0.05, 0.1) is 4.47 Å². The SMILES string of the molecule is Fc1cc(Br)c(F)c(F)c1F.[MgH2]. The second-order valence-corrected chi connectivity index (χ2v) is 2.64. The van der Waals surface area contributed by atoms with Gasteiger partial charge < -0.3 is 0 Å². The molecule has 1 aromatic carbocycles. The molecule has 0 unspecified atom stereocenters. The van der Waals surface area contributed by atoms with Gasteiger partial charge in [0.2, 0.25) is 0 Å². The molecule has 0 spiro atoms. The van der Waals surface area contributed by atoms with Crippen LogP contribution in [-0.4, -0.2) is 23.1 Å². The molecule has 0 heterocycles. The zero-order valence-corrected chi connectivity index (χ0v) is 6.55. The number of halogens is 5. The lowest BCUT2D eigenvalue weighted by atomic mass is 10.3. The molecule has 0 saturated heterocycles. The summed E-state index contributed by atoms with van der Waals surface area (Å²) in [5.41, 5.74) is 0. The first-order chi connectivity index (χ1) is 5.04. The topological polar surface area (TPSA) is 0 Å². The van der Waals surface area contributed by atoms with E-state index in [1.54, 1.807) is 0 Å². The zero-order valence-electron chi connectivity index (χ0n) is 4.97. The van der Waals surface area contributed by atoms with Crippen LogP contribution in [0.1, 0.15) is 0 Å². The van der Waals surface area contributed by atoms with Gasteiger partial charge in [-0.2, -0.15) is 0 Å². The molecular weight excluding hydrogens is 252 g/mol. The highest BCUT2D eigenvalue weighted by molar-refractivity contribution is 9.10. The van der Waals surface area contributed by atoms with Gasteiger partial charge in [-0.15, -0.1) is 0 Å². The van der Waals surface area contributed by atoms with E-state index in [1.807, 2.05) is 0 Å². The minimum Gasteiger partial charge on any atom is -0.204 e. The standard InChI is InChI=1S/C6HBrF4.Mg.2H/c7-2-1-3(8)5(10)6(11)4(2)9;;;/h1H;;;. The molecule has 6 heteroatoms. The maximum absolute atomic E-state index is 12.3. The lowest BCUT2D eigenvalue weighted by molar-refractivity contribution is 0.406. The summed E-state index contributed by atoms with van der Waals surface area (Å²) in [4.78, 5) is 0. The van der Waals surface area contributed by atoms with Crippen LogP contribution in [0, 0.1) is 23.3 Å². The first-order valence-electron chi connectivity index (χ1n) is 2.52. The van der Waals surface area contributed by atoms with Crippen molar-refractivity contribution in [3.05, 3.63) is 33.8 Å². The van der Waals surface area contributed by atoms with Gasteiger partial charge in [-0.3, -0.25) is 0 Å². The summed E-state index contributed by atoms with van der Waals surface area (Å²) in [7, 11) is 0. The molecule has 0 aliphatic carbocycles. The van der Waals surface area contributed by atoms with E-state index >= 15 is 0 Å². The van der Waals surface area contributed by atoms with E-state index in [4.69, 9.17) is 0 Å². The monoisotopic (exact) mass is 254 g/mol. The van der Waals surface area contributed by atoms with Crippen LogP contribution >= 0.6 is 15.9 Å². The molecular formula is C6H3BrF4Mg. The van der Waals surface area contributed by atoms with Crippen molar-refractivity contribution >= 4 is 39.0 Å². The van der Waals surface area contributed by atoms with Crippen LogP contribution in [0.2, 0.25) is 0 Å². The molecule has 0 aliphatic heterocycles. The van der Waals surface area contributed by atoms with E-state index in [0.29, 0.717) is 6.07 Å². The summed E-state index contributed by atoms with van der Waals surface area (Å²) in [6.45, 7) is 0. The number of hydrogen-bond acceptors (Lipinski definition) is 0. The van der Waals surface area contributed by atoms with Crippen molar-refractivity contribution in [1.82, 2.24) is 0 Å². The summed E-state index contributed by atoms with van der Waals surface area (Å²) < 4.78 is 48.5. The highest BCUT2D eigenvalue weighted by atomic mass is 79.9. The molecule has 0 nitrogen and oxygen atoms in total. The van der Waals surface area contributed by atoms with Gasteiger partial charge in [-0.05, 0) is 22.0 Å². The fourth-order valence-electron chi connectivity index (χ4n) is 0.544. The second kappa shape index (κ2) is 4.43. The predicted octanol–water partition coefficient (Wildman–Crippen LogP) is 2.09. The normalized spacial score (nSPS) is 9.42. The van der Waals surface area contributed by atoms with Crippen molar-refractivity contribution in [1.29, 1.82) is 0 Å². The first-order valence-corrected chi connectivity index (χ1v) is 3.32. The fraction of sp³-hybridized carbons (Fsp3) is 0. The third-order valence-electron chi connectivity index (χ3n) is 1.06.